The molecule has 3 nitrogen and oxygen atoms in total. The summed E-state index contributed by atoms with van der Waals surface area (Å²) < 4.78 is 21.5. The second-order valence-electron chi connectivity index (χ2n) is 1.90. The Morgan fingerprint density at radius 2 is 2.00 bits per heavy atom. The molecule has 0 aromatic carbocycles. The molecule has 0 aliphatic carbocycles. The van der Waals surface area contributed by atoms with Gasteiger partial charge in [-0.25, -0.2) is 0 Å². The third-order valence-corrected chi connectivity index (χ3v) is 3.28. The van der Waals surface area contributed by atoms with Crippen LogP contribution in [-0.4, -0.2) is 25.1 Å². The molecular formula is C6H15O3PS. The van der Waals surface area contributed by atoms with Crippen LogP contribution >= 0.6 is 20.2 Å². The molecule has 0 aromatic rings. The summed E-state index contributed by atoms with van der Waals surface area (Å²) in [6, 6.07) is 0. The molecule has 0 N–H and O–H groups in total. The minimum atomic E-state index is -2.77. The summed E-state index contributed by atoms with van der Waals surface area (Å²) in [6.07, 6.45) is 0.425. The highest BCUT2D eigenvalue weighted by Crippen LogP contribution is 2.47. The van der Waals surface area contributed by atoms with E-state index in [1.807, 2.05) is 0 Å². The Labute approximate surface area is 73.4 Å². The fourth-order valence-electron chi connectivity index (χ4n) is 0.596. The standard InChI is InChI=1S/C6H15O3PS/c1-3-8-10(7,4-2)9-5-6-11/h11H,3-6H2,1-2H3. The topological polar surface area (TPSA) is 35.5 Å². The number of thiol groups is 1. The fraction of sp³-hybridized carbons (Fsp3) is 1.00. The second-order valence-corrected chi connectivity index (χ2v) is 4.72. The molecule has 11 heavy (non-hydrogen) atoms. The molecule has 0 heterocycles. The van der Waals surface area contributed by atoms with Crippen molar-refractivity contribution in [2.24, 2.45) is 0 Å². The Morgan fingerprint density at radius 3 is 2.36 bits per heavy atom. The van der Waals surface area contributed by atoms with Gasteiger partial charge in [-0.05, 0) is 6.92 Å². The van der Waals surface area contributed by atoms with Gasteiger partial charge in [0.1, 0.15) is 0 Å². The first-order valence-electron chi connectivity index (χ1n) is 3.67. The Hall–Kier alpha value is 0.500. The molecule has 0 aliphatic rings. The molecule has 1 unspecified atom stereocenters. The molecule has 0 saturated heterocycles. The van der Waals surface area contributed by atoms with Crippen LogP contribution in [-0.2, 0) is 13.6 Å². The lowest BCUT2D eigenvalue weighted by Gasteiger charge is -2.14. The molecule has 1 atom stereocenters. The average Bonchev–Trinajstić information content (AvgIpc) is 2.02. The number of rotatable bonds is 6. The SMILES string of the molecule is CCOP(=O)(CC)OCCS. The summed E-state index contributed by atoms with van der Waals surface area (Å²) >= 11 is 3.94. The smallest absolute Gasteiger partial charge is 0.309 e. The van der Waals surface area contributed by atoms with Crippen molar-refractivity contribution in [2.45, 2.75) is 13.8 Å². The molecule has 0 bridgehead atoms. The van der Waals surface area contributed by atoms with Gasteiger partial charge < -0.3 is 9.05 Å². The van der Waals surface area contributed by atoms with E-state index in [4.69, 9.17) is 9.05 Å². The lowest BCUT2D eigenvalue weighted by atomic mass is 10.9. The molecular weight excluding hydrogens is 183 g/mol. The lowest BCUT2D eigenvalue weighted by molar-refractivity contribution is 0.223. The summed E-state index contributed by atoms with van der Waals surface area (Å²) in [5.74, 6) is 0.567. The highest BCUT2D eigenvalue weighted by molar-refractivity contribution is 7.80. The molecule has 68 valence electrons. The van der Waals surface area contributed by atoms with E-state index in [2.05, 4.69) is 12.6 Å². The van der Waals surface area contributed by atoms with Crippen molar-refractivity contribution in [3.8, 4) is 0 Å². The lowest BCUT2D eigenvalue weighted by Crippen LogP contribution is -2.00. The third-order valence-electron chi connectivity index (χ3n) is 1.09. The molecule has 0 aromatic heterocycles. The van der Waals surface area contributed by atoms with Crippen LogP contribution in [0.5, 0.6) is 0 Å². The van der Waals surface area contributed by atoms with Gasteiger partial charge in [-0.3, -0.25) is 4.57 Å². The molecule has 0 amide bonds. The van der Waals surface area contributed by atoms with Crippen LogP contribution in [0.3, 0.4) is 0 Å². The van der Waals surface area contributed by atoms with Crippen molar-refractivity contribution in [1.82, 2.24) is 0 Å². The Morgan fingerprint density at radius 1 is 1.36 bits per heavy atom. The number of hydrogen-bond donors (Lipinski definition) is 1. The fourth-order valence-corrected chi connectivity index (χ4v) is 2.03. The number of hydrogen-bond acceptors (Lipinski definition) is 4. The zero-order chi connectivity index (χ0) is 8.74. The van der Waals surface area contributed by atoms with E-state index in [1.54, 1.807) is 13.8 Å². The Balaban J connectivity index is 3.79. The monoisotopic (exact) mass is 198 g/mol. The van der Waals surface area contributed by atoms with E-state index in [9.17, 15) is 4.57 Å². The maximum atomic E-state index is 11.5. The Bertz CT molecular complexity index is 140. The van der Waals surface area contributed by atoms with Gasteiger partial charge in [0.25, 0.3) is 0 Å². The zero-order valence-electron chi connectivity index (χ0n) is 6.95. The van der Waals surface area contributed by atoms with Gasteiger partial charge in [-0.1, -0.05) is 6.92 Å². The third kappa shape index (κ3) is 4.86. The van der Waals surface area contributed by atoms with Crippen molar-refractivity contribution < 1.29 is 13.6 Å². The molecule has 5 heteroatoms. The molecule has 0 radical (unpaired) electrons. The summed E-state index contributed by atoms with van der Waals surface area (Å²) in [5, 5.41) is 0. The van der Waals surface area contributed by atoms with Crippen LogP contribution in [0.1, 0.15) is 13.8 Å². The van der Waals surface area contributed by atoms with Gasteiger partial charge in [0.15, 0.2) is 0 Å². The minimum Gasteiger partial charge on any atom is -0.309 e. The van der Waals surface area contributed by atoms with Crippen molar-refractivity contribution in [1.29, 1.82) is 0 Å². The second kappa shape index (κ2) is 6.06. The van der Waals surface area contributed by atoms with Gasteiger partial charge in [0.05, 0.1) is 13.2 Å². The largest absolute Gasteiger partial charge is 0.330 e. The van der Waals surface area contributed by atoms with Crippen LogP contribution in [0.2, 0.25) is 0 Å². The van der Waals surface area contributed by atoms with Crippen molar-refractivity contribution in [3.63, 3.8) is 0 Å². The summed E-state index contributed by atoms with van der Waals surface area (Å²) in [5.41, 5.74) is 0. The normalized spacial score (nSPS) is 16.3. The first-order valence-corrected chi connectivity index (χ1v) is 6.03. The van der Waals surface area contributed by atoms with Crippen LogP contribution < -0.4 is 0 Å². The molecule has 0 saturated carbocycles. The Kier molecular flexibility index (Phi) is 6.34. The maximum absolute atomic E-state index is 11.5. The summed E-state index contributed by atoms with van der Waals surface area (Å²) in [4.78, 5) is 0. The van der Waals surface area contributed by atoms with Crippen LogP contribution in [0.4, 0.5) is 0 Å². The van der Waals surface area contributed by atoms with E-state index in [1.165, 1.54) is 0 Å². The van der Waals surface area contributed by atoms with E-state index < -0.39 is 7.60 Å². The average molecular weight is 198 g/mol. The van der Waals surface area contributed by atoms with E-state index >= 15 is 0 Å². The summed E-state index contributed by atoms with van der Waals surface area (Å²) in [7, 11) is -2.77. The van der Waals surface area contributed by atoms with E-state index in [0.29, 0.717) is 25.1 Å². The molecule has 0 spiro atoms. The predicted molar refractivity (Wildman–Crippen MR) is 49.6 cm³/mol. The first-order chi connectivity index (χ1) is 5.18. The maximum Gasteiger partial charge on any atom is 0.330 e. The highest BCUT2D eigenvalue weighted by Gasteiger charge is 2.19. The van der Waals surface area contributed by atoms with Crippen LogP contribution in [0.15, 0.2) is 0 Å². The first kappa shape index (κ1) is 11.5. The molecule has 0 aliphatic heterocycles. The van der Waals surface area contributed by atoms with Gasteiger partial charge in [-0.2, -0.15) is 12.6 Å². The zero-order valence-corrected chi connectivity index (χ0v) is 8.74. The van der Waals surface area contributed by atoms with Crippen LogP contribution in [0.25, 0.3) is 0 Å². The van der Waals surface area contributed by atoms with Gasteiger partial charge in [0.2, 0.25) is 0 Å². The molecule has 0 rings (SSSR count). The van der Waals surface area contributed by atoms with Crippen molar-refractivity contribution in [3.05, 3.63) is 0 Å². The van der Waals surface area contributed by atoms with Crippen LogP contribution in [0, 0.1) is 0 Å². The predicted octanol–water partition coefficient (Wildman–Crippen LogP) is 2.18. The van der Waals surface area contributed by atoms with Gasteiger partial charge >= 0.3 is 7.60 Å². The van der Waals surface area contributed by atoms with E-state index in [0.717, 1.165) is 0 Å². The van der Waals surface area contributed by atoms with Crippen molar-refractivity contribution in [2.75, 3.05) is 25.1 Å². The van der Waals surface area contributed by atoms with Crippen molar-refractivity contribution >= 4 is 20.2 Å². The minimum absolute atomic E-state index is 0.383. The van der Waals surface area contributed by atoms with Gasteiger partial charge in [-0.15, -0.1) is 0 Å². The quantitative estimate of drug-likeness (QED) is 0.525. The van der Waals surface area contributed by atoms with E-state index in [-0.39, 0.29) is 0 Å². The summed E-state index contributed by atoms with van der Waals surface area (Å²) in [6.45, 7) is 4.40. The molecule has 0 fully saturated rings. The highest BCUT2D eigenvalue weighted by atomic mass is 32.1. The van der Waals surface area contributed by atoms with Gasteiger partial charge in [0, 0.05) is 11.9 Å².